The van der Waals surface area contributed by atoms with Crippen molar-refractivity contribution < 1.29 is 17.9 Å². The van der Waals surface area contributed by atoms with Crippen molar-refractivity contribution >= 4 is 9.84 Å². The van der Waals surface area contributed by atoms with Gasteiger partial charge in [-0.05, 0) is 12.5 Å². The molecule has 1 N–H and O–H groups in total. The molecule has 1 rings (SSSR count). The molecule has 0 aliphatic carbocycles. The van der Waals surface area contributed by atoms with Gasteiger partial charge in [0.25, 0.3) is 0 Å². The van der Waals surface area contributed by atoms with Gasteiger partial charge < -0.3 is 5.11 Å². The van der Waals surface area contributed by atoms with Gasteiger partial charge in [-0.15, -0.1) is 0 Å². The fraction of sp³-hybridized carbons (Fsp3) is 0.500. The first kappa shape index (κ1) is 14.1. The van der Waals surface area contributed by atoms with E-state index in [2.05, 4.69) is 0 Å². The Hall–Kier alpha value is -0.940. The average Bonchev–Trinajstić information content (AvgIpc) is 2.30. The zero-order chi connectivity index (χ0) is 13.1. The van der Waals surface area contributed by atoms with Gasteiger partial charge in [0.1, 0.15) is 5.82 Å². The van der Waals surface area contributed by atoms with Gasteiger partial charge in [0.15, 0.2) is 9.84 Å². The predicted molar refractivity (Wildman–Crippen MR) is 64.9 cm³/mol. The van der Waals surface area contributed by atoms with Crippen LogP contribution in [0.5, 0.6) is 0 Å². The fourth-order valence-electron chi connectivity index (χ4n) is 1.80. The van der Waals surface area contributed by atoms with Crippen LogP contribution < -0.4 is 0 Å². The highest BCUT2D eigenvalue weighted by Crippen LogP contribution is 2.26. The molecule has 0 saturated carbocycles. The molecule has 0 heterocycles. The minimum absolute atomic E-state index is 0.0383. The Kier molecular flexibility index (Phi) is 4.65. The molecule has 0 spiro atoms. The first-order valence-corrected chi connectivity index (χ1v) is 7.29. The summed E-state index contributed by atoms with van der Waals surface area (Å²) in [6.07, 6.45) is -1.06. The van der Waals surface area contributed by atoms with Crippen molar-refractivity contribution in [3.63, 3.8) is 0 Å². The summed E-state index contributed by atoms with van der Waals surface area (Å²) in [5.74, 6) is -0.637. The van der Waals surface area contributed by atoms with Crippen LogP contribution in [-0.2, 0) is 9.84 Å². The second-order valence-corrected chi connectivity index (χ2v) is 6.37. The molecule has 96 valence electrons. The van der Waals surface area contributed by atoms with Crippen LogP contribution in [0, 0.1) is 5.82 Å². The Morgan fingerprint density at radius 1 is 1.29 bits per heavy atom. The third-order valence-corrected chi connectivity index (χ3v) is 5.16. The summed E-state index contributed by atoms with van der Waals surface area (Å²) in [5.41, 5.74) is 0.0383. The van der Waals surface area contributed by atoms with Crippen LogP contribution >= 0.6 is 0 Å². The van der Waals surface area contributed by atoms with Gasteiger partial charge in [0.2, 0.25) is 0 Å². The van der Waals surface area contributed by atoms with Gasteiger partial charge in [-0.3, -0.25) is 0 Å². The fourth-order valence-corrected chi connectivity index (χ4v) is 3.28. The maximum absolute atomic E-state index is 13.5. The van der Waals surface area contributed by atoms with E-state index < -0.39 is 27.0 Å². The van der Waals surface area contributed by atoms with Crippen molar-refractivity contribution in [3.8, 4) is 0 Å². The molecule has 3 nitrogen and oxygen atoms in total. The molecule has 1 aromatic rings. The first-order chi connectivity index (χ1) is 7.94. The molecule has 0 saturated heterocycles. The van der Waals surface area contributed by atoms with Crippen molar-refractivity contribution in [1.82, 2.24) is 0 Å². The van der Waals surface area contributed by atoms with Crippen LogP contribution in [0.15, 0.2) is 24.3 Å². The van der Waals surface area contributed by atoms with Crippen LogP contribution in [0.25, 0.3) is 0 Å². The van der Waals surface area contributed by atoms with E-state index in [1.165, 1.54) is 25.1 Å². The molecule has 0 aliphatic heterocycles. The van der Waals surface area contributed by atoms with Gasteiger partial charge in [-0.2, -0.15) is 0 Å². The highest BCUT2D eigenvalue weighted by Gasteiger charge is 2.31. The van der Waals surface area contributed by atoms with E-state index in [1.54, 1.807) is 13.0 Å². The summed E-state index contributed by atoms with van der Waals surface area (Å²) in [5, 5.41) is 9.05. The number of benzene rings is 1. The molecule has 0 radical (unpaired) electrons. The van der Waals surface area contributed by atoms with Crippen LogP contribution in [0.4, 0.5) is 4.39 Å². The number of hydrogen-bond donors (Lipinski definition) is 1. The zero-order valence-electron chi connectivity index (χ0n) is 9.93. The second-order valence-electron chi connectivity index (χ2n) is 3.86. The van der Waals surface area contributed by atoms with Crippen LogP contribution in [0.3, 0.4) is 0 Å². The predicted octanol–water partition coefficient (Wildman–Crippen LogP) is 2.07. The molecule has 0 bridgehead atoms. The van der Waals surface area contributed by atoms with Gasteiger partial charge in [-0.1, -0.05) is 32.0 Å². The number of aliphatic hydroxyl groups excluding tert-OH is 1. The molecule has 5 heteroatoms. The van der Waals surface area contributed by atoms with Crippen molar-refractivity contribution in [3.05, 3.63) is 35.6 Å². The Morgan fingerprint density at radius 3 is 2.35 bits per heavy atom. The summed E-state index contributed by atoms with van der Waals surface area (Å²) in [7, 11) is -3.39. The first-order valence-electron chi connectivity index (χ1n) is 5.58. The van der Waals surface area contributed by atoms with Crippen molar-refractivity contribution in [1.29, 1.82) is 0 Å². The Balaban J connectivity index is 3.11. The van der Waals surface area contributed by atoms with E-state index in [0.717, 1.165) is 0 Å². The summed E-state index contributed by atoms with van der Waals surface area (Å²) >= 11 is 0. The SMILES string of the molecule is CCC(C(O)c1ccccc1F)S(=O)(=O)CC. The van der Waals surface area contributed by atoms with E-state index in [1.807, 2.05) is 0 Å². The lowest BCUT2D eigenvalue weighted by Crippen LogP contribution is -2.29. The summed E-state index contributed by atoms with van der Waals surface area (Å²) in [6.45, 7) is 3.19. The lowest BCUT2D eigenvalue weighted by molar-refractivity contribution is 0.164. The van der Waals surface area contributed by atoms with Crippen LogP contribution in [0.2, 0.25) is 0 Å². The maximum atomic E-state index is 13.5. The van der Waals surface area contributed by atoms with Crippen LogP contribution in [-0.4, -0.2) is 24.5 Å². The van der Waals surface area contributed by atoms with Crippen LogP contribution in [0.1, 0.15) is 31.9 Å². The molecule has 0 amide bonds. The largest absolute Gasteiger partial charge is 0.387 e. The van der Waals surface area contributed by atoms with Gasteiger partial charge >= 0.3 is 0 Å². The van der Waals surface area contributed by atoms with Gasteiger partial charge in [0, 0.05) is 11.3 Å². The molecule has 0 aliphatic rings. The number of sulfone groups is 1. The Morgan fingerprint density at radius 2 is 1.88 bits per heavy atom. The highest BCUT2D eigenvalue weighted by molar-refractivity contribution is 7.92. The monoisotopic (exact) mass is 260 g/mol. The van der Waals surface area contributed by atoms with E-state index >= 15 is 0 Å². The molecule has 0 fully saturated rings. The molecule has 17 heavy (non-hydrogen) atoms. The summed E-state index contributed by atoms with van der Waals surface area (Å²) < 4.78 is 37.0. The quantitative estimate of drug-likeness (QED) is 0.881. The minimum atomic E-state index is -3.39. The third kappa shape index (κ3) is 3.04. The van der Waals surface area contributed by atoms with E-state index in [4.69, 9.17) is 0 Å². The lowest BCUT2D eigenvalue weighted by atomic mass is 10.0. The smallest absolute Gasteiger partial charge is 0.155 e. The minimum Gasteiger partial charge on any atom is -0.387 e. The van der Waals surface area contributed by atoms with Gasteiger partial charge in [-0.25, -0.2) is 12.8 Å². The Bertz CT molecular complexity index is 470. The second kappa shape index (κ2) is 5.60. The molecule has 0 aromatic heterocycles. The average molecular weight is 260 g/mol. The maximum Gasteiger partial charge on any atom is 0.155 e. The molecule has 2 unspecified atom stereocenters. The molecular formula is C12H17FO3S. The Labute approximate surface area is 101 Å². The van der Waals surface area contributed by atoms with Crippen molar-refractivity contribution in [2.24, 2.45) is 0 Å². The normalized spacial score (nSPS) is 15.5. The summed E-state index contributed by atoms with van der Waals surface area (Å²) in [4.78, 5) is 0. The number of rotatable bonds is 5. The van der Waals surface area contributed by atoms with E-state index in [-0.39, 0.29) is 17.7 Å². The van der Waals surface area contributed by atoms with Crippen molar-refractivity contribution in [2.45, 2.75) is 31.6 Å². The number of aliphatic hydroxyl groups is 1. The standard InChI is InChI=1S/C12H17FO3S/c1-3-11(17(15,16)4-2)12(14)9-7-5-6-8-10(9)13/h5-8,11-12,14H,3-4H2,1-2H3. The highest BCUT2D eigenvalue weighted by atomic mass is 32.2. The molecule has 2 atom stereocenters. The van der Waals surface area contributed by atoms with Crippen molar-refractivity contribution in [2.75, 3.05) is 5.75 Å². The molecular weight excluding hydrogens is 243 g/mol. The zero-order valence-corrected chi connectivity index (χ0v) is 10.7. The third-order valence-electron chi connectivity index (χ3n) is 2.84. The summed E-state index contributed by atoms with van der Waals surface area (Å²) in [6, 6.07) is 5.70. The van der Waals surface area contributed by atoms with E-state index in [9.17, 15) is 17.9 Å². The van der Waals surface area contributed by atoms with Gasteiger partial charge in [0.05, 0.1) is 11.4 Å². The topological polar surface area (TPSA) is 54.4 Å². The number of hydrogen-bond acceptors (Lipinski definition) is 3. The molecule has 1 aromatic carbocycles. The number of halogens is 1. The van der Waals surface area contributed by atoms with E-state index in [0.29, 0.717) is 0 Å². The lowest BCUT2D eigenvalue weighted by Gasteiger charge is -2.21.